The van der Waals surface area contributed by atoms with E-state index in [4.69, 9.17) is 9.97 Å². The Kier molecular flexibility index (Phi) is 9.00. The van der Waals surface area contributed by atoms with E-state index in [1.807, 2.05) is 24.3 Å². The van der Waals surface area contributed by atoms with Gasteiger partial charge in [0.2, 0.25) is 17.8 Å². The van der Waals surface area contributed by atoms with Crippen LogP contribution < -0.4 is 21.1 Å². The first-order valence-electron chi connectivity index (χ1n) is 16.0. The van der Waals surface area contributed by atoms with Crippen LogP contribution in [0.1, 0.15) is 33.1 Å². The summed E-state index contributed by atoms with van der Waals surface area (Å²) in [5.41, 5.74) is 11.1. The number of carbonyl (C=O) groups excluding carboxylic acids is 1. The van der Waals surface area contributed by atoms with Crippen molar-refractivity contribution in [3.05, 3.63) is 144 Å². The van der Waals surface area contributed by atoms with E-state index in [-0.39, 0.29) is 17.9 Å². The van der Waals surface area contributed by atoms with Crippen LogP contribution in [0.25, 0.3) is 10.9 Å². The van der Waals surface area contributed by atoms with E-state index >= 15 is 0 Å². The summed E-state index contributed by atoms with van der Waals surface area (Å²) in [4.78, 5) is 34.9. The fraction of sp³-hybridized carbons (Fsp3) is 0.189. The maximum atomic E-state index is 12.8. The van der Waals surface area contributed by atoms with E-state index in [1.54, 1.807) is 12.1 Å². The van der Waals surface area contributed by atoms with Gasteiger partial charge in [-0.1, -0.05) is 97.1 Å². The molecule has 236 valence electrons. The number of benzene rings is 4. The third-order valence-electron chi connectivity index (χ3n) is 8.49. The van der Waals surface area contributed by atoms with Crippen molar-refractivity contribution < 1.29 is 4.79 Å². The molecular weight excluding hydrogens is 586 g/mol. The summed E-state index contributed by atoms with van der Waals surface area (Å²) in [5, 5.41) is 4.60. The van der Waals surface area contributed by atoms with E-state index < -0.39 is 0 Å². The lowest BCUT2D eigenvalue weighted by molar-refractivity contribution is 0.0962. The molecule has 1 fully saturated rings. The maximum absolute atomic E-state index is 12.8. The number of hydrogen-bond acceptors (Lipinski definition) is 8. The summed E-state index contributed by atoms with van der Waals surface area (Å²) in [6, 6.07) is 38.8. The third kappa shape index (κ3) is 7.08. The van der Waals surface area contributed by atoms with Gasteiger partial charge >= 0.3 is 0 Å². The highest BCUT2D eigenvalue weighted by Gasteiger charge is 2.28. The van der Waals surface area contributed by atoms with Crippen molar-refractivity contribution in [1.82, 2.24) is 30.3 Å². The van der Waals surface area contributed by atoms with Crippen LogP contribution in [-0.4, -0.2) is 63.5 Å². The van der Waals surface area contributed by atoms with Crippen LogP contribution in [0, 0.1) is 0 Å². The Morgan fingerprint density at radius 1 is 0.723 bits per heavy atom. The van der Waals surface area contributed by atoms with E-state index in [0.29, 0.717) is 24.0 Å². The van der Waals surface area contributed by atoms with Crippen LogP contribution >= 0.6 is 0 Å². The van der Waals surface area contributed by atoms with Crippen molar-refractivity contribution in [3.63, 3.8) is 0 Å². The minimum atomic E-state index is -0.275. The molecule has 1 aliphatic rings. The molecule has 0 aliphatic carbocycles. The number of amides is 1. The van der Waals surface area contributed by atoms with Gasteiger partial charge in [0.05, 0.1) is 6.04 Å². The summed E-state index contributed by atoms with van der Waals surface area (Å²) >= 11 is 0. The molecule has 0 unspecified atom stereocenters. The lowest BCUT2D eigenvalue weighted by Crippen LogP contribution is -2.48. The van der Waals surface area contributed by atoms with Gasteiger partial charge in [-0.2, -0.15) is 15.0 Å². The molecule has 0 bridgehead atoms. The Bertz CT molecular complexity index is 1870. The van der Waals surface area contributed by atoms with Gasteiger partial charge in [-0.3, -0.25) is 20.5 Å². The van der Waals surface area contributed by atoms with Gasteiger partial charge < -0.3 is 15.2 Å². The van der Waals surface area contributed by atoms with Gasteiger partial charge in [-0.25, -0.2) is 0 Å². The second kappa shape index (κ2) is 14.1. The number of aromatic amines is 1. The van der Waals surface area contributed by atoms with Crippen LogP contribution in [0.2, 0.25) is 0 Å². The third-order valence-corrected chi connectivity index (χ3v) is 8.49. The van der Waals surface area contributed by atoms with E-state index in [1.165, 1.54) is 22.1 Å². The molecule has 4 N–H and O–H groups in total. The number of nitrogens with one attached hydrogen (secondary N) is 4. The van der Waals surface area contributed by atoms with Gasteiger partial charge in [-0.05, 0) is 41.3 Å². The molecule has 10 nitrogen and oxygen atoms in total. The number of carbonyl (C=O) groups is 1. The minimum absolute atomic E-state index is 0.157. The number of hydrogen-bond donors (Lipinski definition) is 4. The van der Waals surface area contributed by atoms with Crippen LogP contribution in [0.5, 0.6) is 0 Å². The van der Waals surface area contributed by atoms with Gasteiger partial charge in [0.15, 0.2) is 0 Å². The maximum Gasteiger partial charge on any atom is 0.269 e. The Balaban J connectivity index is 1.08. The summed E-state index contributed by atoms with van der Waals surface area (Å²) < 4.78 is 0. The largest absolute Gasteiger partial charge is 0.361 e. The quantitative estimate of drug-likeness (QED) is 0.137. The molecule has 47 heavy (non-hydrogen) atoms. The van der Waals surface area contributed by atoms with Crippen molar-refractivity contribution in [2.75, 3.05) is 48.4 Å². The van der Waals surface area contributed by atoms with Crippen molar-refractivity contribution >= 4 is 34.7 Å². The topological polar surface area (TPSA) is 114 Å². The first kappa shape index (κ1) is 29.9. The minimum Gasteiger partial charge on any atom is -0.361 e. The number of para-hydroxylation sites is 1. The summed E-state index contributed by atoms with van der Waals surface area (Å²) in [7, 11) is 0. The van der Waals surface area contributed by atoms with Gasteiger partial charge in [-0.15, -0.1) is 0 Å². The summed E-state index contributed by atoms with van der Waals surface area (Å²) in [5.74, 6) is 0.993. The molecule has 0 spiro atoms. The molecular formula is C37H37N9O. The average molecular weight is 624 g/mol. The molecule has 0 radical (unpaired) electrons. The molecule has 0 saturated carbocycles. The fourth-order valence-electron chi connectivity index (χ4n) is 6.13. The second-order valence-corrected chi connectivity index (χ2v) is 11.5. The molecule has 0 atom stereocenters. The monoisotopic (exact) mass is 623 g/mol. The highest BCUT2D eigenvalue weighted by Crippen LogP contribution is 2.30. The Labute approximate surface area is 273 Å². The van der Waals surface area contributed by atoms with E-state index in [2.05, 4.69) is 121 Å². The smallest absolute Gasteiger partial charge is 0.269 e. The van der Waals surface area contributed by atoms with Crippen molar-refractivity contribution in [1.29, 1.82) is 0 Å². The molecule has 2 aromatic heterocycles. The number of H-pyrrole nitrogens is 1. The number of piperazine rings is 1. The van der Waals surface area contributed by atoms with Gasteiger partial charge in [0, 0.05) is 55.4 Å². The Hall–Kier alpha value is -5.74. The van der Waals surface area contributed by atoms with Crippen LogP contribution in [0.3, 0.4) is 0 Å². The number of aromatic nitrogens is 4. The zero-order chi connectivity index (χ0) is 31.8. The normalized spacial score (nSPS) is 13.5. The number of rotatable bonds is 11. The molecule has 3 heterocycles. The zero-order valence-corrected chi connectivity index (χ0v) is 26.0. The summed E-state index contributed by atoms with van der Waals surface area (Å²) in [6.07, 6.45) is 2.84. The van der Waals surface area contributed by atoms with Crippen LogP contribution in [-0.2, 0) is 6.42 Å². The highest BCUT2D eigenvalue weighted by molar-refractivity contribution is 5.94. The first-order valence-corrected chi connectivity index (χ1v) is 16.0. The molecule has 7 rings (SSSR count). The Morgan fingerprint density at radius 3 is 2.04 bits per heavy atom. The van der Waals surface area contributed by atoms with Crippen molar-refractivity contribution in [2.45, 2.75) is 12.5 Å². The Morgan fingerprint density at radius 2 is 1.34 bits per heavy atom. The molecule has 1 amide bonds. The van der Waals surface area contributed by atoms with Crippen molar-refractivity contribution in [2.24, 2.45) is 0 Å². The lowest BCUT2D eigenvalue weighted by Gasteiger charge is -2.39. The molecule has 6 aromatic rings. The number of nitrogens with zero attached hydrogens (tertiary/aromatic N) is 5. The number of fused-ring (bicyclic) bond motifs is 1. The van der Waals surface area contributed by atoms with E-state index in [9.17, 15) is 4.79 Å². The number of hydrazine groups is 1. The fourth-order valence-corrected chi connectivity index (χ4v) is 6.13. The van der Waals surface area contributed by atoms with Crippen LogP contribution in [0.15, 0.2) is 121 Å². The molecule has 1 saturated heterocycles. The lowest BCUT2D eigenvalue weighted by atomic mass is 9.96. The van der Waals surface area contributed by atoms with Gasteiger partial charge in [0.25, 0.3) is 5.91 Å². The standard InChI is InChI=1S/C37H37N9O/c47-34(29-16-8-3-9-17-29)43-44-36-40-35(38-21-20-30-26-39-32-19-11-10-18-31(30)32)41-37(42-36)46-24-22-45(23-25-46)33(27-12-4-1-5-13-27)28-14-6-2-7-15-28/h1-19,26,33,39H,20-25H2,(H,43,47)(H2,38,40,41,42,44). The molecule has 10 heteroatoms. The SMILES string of the molecule is O=C(NNc1nc(NCCc2c[nH]c3ccccc23)nc(N2CCN(C(c3ccccc3)c3ccccc3)CC2)n1)c1ccccc1. The average Bonchev–Trinajstić information content (AvgIpc) is 3.55. The molecule has 1 aliphatic heterocycles. The first-order chi connectivity index (χ1) is 23.2. The number of anilines is 3. The summed E-state index contributed by atoms with van der Waals surface area (Å²) in [6.45, 7) is 3.77. The predicted molar refractivity (Wildman–Crippen MR) is 186 cm³/mol. The second-order valence-electron chi connectivity index (χ2n) is 11.5. The van der Waals surface area contributed by atoms with E-state index in [0.717, 1.165) is 38.1 Å². The zero-order valence-electron chi connectivity index (χ0n) is 26.0. The highest BCUT2D eigenvalue weighted by atomic mass is 16.2. The van der Waals surface area contributed by atoms with Crippen molar-refractivity contribution in [3.8, 4) is 0 Å². The van der Waals surface area contributed by atoms with Gasteiger partial charge in [0.1, 0.15) is 0 Å². The predicted octanol–water partition coefficient (Wildman–Crippen LogP) is 5.68. The van der Waals surface area contributed by atoms with Crippen LogP contribution in [0.4, 0.5) is 17.8 Å². The molecule has 4 aromatic carbocycles.